The standard InChI is InChI=1S/C16H17ClN2S/c1-2-12-4-3-5-15(10-12)19-16(20)18-11-13-6-8-14(17)9-7-13/h3-10H,2,11H2,1H3,(H2,18,19,20). The summed E-state index contributed by atoms with van der Waals surface area (Å²) in [5.74, 6) is 0. The van der Waals surface area contributed by atoms with Crippen LogP contribution in [0.3, 0.4) is 0 Å². The molecule has 0 saturated carbocycles. The topological polar surface area (TPSA) is 24.1 Å². The van der Waals surface area contributed by atoms with E-state index in [0.29, 0.717) is 11.7 Å². The first-order valence-electron chi connectivity index (χ1n) is 6.55. The van der Waals surface area contributed by atoms with Crippen molar-refractivity contribution in [1.82, 2.24) is 5.32 Å². The average Bonchev–Trinajstić information content (AvgIpc) is 2.47. The molecule has 0 bridgehead atoms. The van der Waals surface area contributed by atoms with Crippen LogP contribution in [0.4, 0.5) is 5.69 Å². The first-order valence-corrected chi connectivity index (χ1v) is 7.34. The molecule has 0 atom stereocenters. The monoisotopic (exact) mass is 304 g/mol. The molecular formula is C16H17ClN2S. The van der Waals surface area contributed by atoms with Gasteiger partial charge in [0.2, 0.25) is 0 Å². The number of halogens is 1. The Kier molecular flexibility index (Phi) is 5.39. The Morgan fingerprint density at radius 1 is 1.10 bits per heavy atom. The SMILES string of the molecule is CCc1cccc(NC(=S)NCc2ccc(Cl)cc2)c1. The highest BCUT2D eigenvalue weighted by Gasteiger charge is 1.99. The molecule has 0 heterocycles. The van der Waals surface area contributed by atoms with Gasteiger partial charge in [0.1, 0.15) is 0 Å². The summed E-state index contributed by atoms with van der Waals surface area (Å²) >= 11 is 11.1. The van der Waals surface area contributed by atoms with Crippen molar-refractivity contribution < 1.29 is 0 Å². The molecule has 0 fully saturated rings. The molecule has 0 radical (unpaired) electrons. The van der Waals surface area contributed by atoms with Crippen molar-refractivity contribution in [3.63, 3.8) is 0 Å². The Morgan fingerprint density at radius 2 is 1.85 bits per heavy atom. The normalized spacial score (nSPS) is 10.1. The maximum atomic E-state index is 5.85. The highest BCUT2D eigenvalue weighted by Crippen LogP contribution is 2.11. The molecule has 20 heavy (non-hydrogen) atoms. The van der Waals surface area contributed by atoms with E-state index in [-0.39, 0.29) is 0 Å². The first kappa shape index (κ1) is 14.8. The first-order chi connectivity index (χ1) is 9.67. The van der Waals surface area contributed by atoms with Gasteiger partial charge in [-0.25, -0.2) is 0 Å². The lowest BCUT2D eigenvalue weighted by Gasteiger charge is -2.11. The molecule has 0 aliphatic rings. The number of nitrogens with one attached hydrogen (secondary N) is 2. The molecule has 4 heteroatoms. The number of hydrogen-bond donors (Lipinski definition) is 2. The number of hydrogen-bond acceptors (Lipinski definition) is 1. The van der Waals surface area contributed by atoms with Crippen LogP contribution in [0.5, 0.6) is 0 Å². The van der Waals surface area contributed by atoms with E-state index in [1.807, 2.05) is 36.4 Å². The molecule has 2 rings (SSSR count). The summed E-state index contributed by atoms with van der Waals surface area (Å²) in [4.78, 5) is 0. The van der Waals surface area contributed by atoms with E-state index in [4.69, 9.17) is 23.8 Å². The lowest BCUT2D eigenvalue weighted by atomic mass is 10.1. The van der Waals surface area contributed by atoms with Gasteiger partial charge in [-0.2, -0.15) is 0 Å². The van der Waals surface area contributed by atoms with E-state index in [9.17, 15) is 0 Å². The fourth-order valence-corrected chi connectivity index (χ4v) is 2.14. The van der Waals surface area contributed by atoms with Gasteiger partial charge >= 0.3 is 0 Å². The van der Waals surface area contributed by atoms with E-state index in [1.165, 1.54) is 5.56 Å². The number of anilines is 1. The predicted molar refractivity (Wildman–Crippen MR) is 90.3 cm³/mol. The van der Waals surface area contributed by atoms with Crippen LogP contribution < -0.4 is 10.6 Å². The lowest BCUT2D eigenvalue weighted by Crippen LogP contribution is -2.27. The zero-order valence-corrected chi connectivity index (χ0v) is 12.9. The van der Waals surface area contributed by atoms with Crippen molar-refractivity contribution in [2.75, 3.05) is 5.32 Å². The van der Waals surface area contributed by atoms with Gasteiger partial charge in [0.15, 0.2) is 5.11 Å². The molecular weight excluding hydrogens is 288 g/mol. The zero-order chi connectivity index (χ0) is 14.4. The van der Waals surface area contributed by atoms with Crippen molar-refractivity contribution in [3.8, 4) is 0 Å². The fraction of sp³-hybridized carbons (Fsp3) is 0.188. The van der Waals surface area contributed by atoms with Crippen LogP contribution in [-0.2, 0) is 13.0 Å². The summed E-state index contributed by atoms with van der Waals surface area (Å²) in [6, 6.07) is 16.0. The number of aryl methyl sites for hydroxylation is 1. The molecule has 2 aromatic carbocycles. The largest absolute Gasteiger partial charge is 0.358 e. The number of thiocarbonyl (C=S) groups is 1. The molecule has 2 aromatic rings. The molecule has 0 spiro atoms. The zero-order valence-electron chi connectivity index (χ0n) is 11.3. The van der Waals surface area contributed by atoms with E-state index in [2.05, 4.69) is 29.7 Å². The third kappa shape index (κ3) is 4.51. The second-order valence-corrected chi connectivity index (χ2v) is 5.33. The van der Waals surface area contributed by atoms with Gasteiger partial charge in [0.25, 0.3) is 0 Å². The summed E-state index contributed by atoms with van der Waals surface area (Å²) in [7, 11) is 0. The van der Waals surface area contributed by atoms with E-state index >= 15 is 0 Å². The van der Waals surface area contributed by atoms with Gasteiger partial charge in [-0.05, 0) is 54.0 Å². The van der Waals surface area contributed by atoms with Gasteiger partial charge in [-0.3, -0.25) is 0 Å². The second-order valence-electron chi connectivity index (χ2n) is 4.49. The Bertz CT molecular complexity index is 581. The molecule has 2 nitrogen and oxygen atoms in total. The van der Waals surface area contributed by atoms with Gasteiger partial charge in [0.05, 0.1) is 0 Å². The minimum atomic E-state index is 0.619. The predicted octanol–water partition coefficient (Wildman–Crippen LogP) is 4.39. The van der Waals surface area contributed by atoms with Gasteiger partial charge in [-0.15, -0.1) is 0 Å². The van der Waals surface area contributed by atoms with Crippen molar-refractivity contribution in [2.45, 2.75) is 19.9 Å². The molecule has 0 aliphatic heterocycles. The highest BCUT2D eigenvalue weighted by molar-refractivity contribution is 7.80. The van der Waals surface area contributed by atoms with Gasteiger partial charge in [0, 0.05) is 17.3 Å². The number of rotatable bonds is 4. The fourth-order valence-electron chi connectivity index (χ4n) is 1.83. The Balaban J connectivity index is 1.87. The maximum absolute atomic E-state index is 5.85. The van der Waals surface area contributed by atoms with Crippen molar-refractivity contribution in [2.24, 2.45) is 0 Å². The third-order valence-electron chi connectivity index (χ3n) is 2.96. The summed E-state index contributed by atoms with van der Waals surface area (Å²) < 4.78 is 0. The Morgan fingerprint density at radius 3 is 2.55 bits per heavy atom. The van der Waals surface area contributed by atoms with E-state index in [0.717, 1.165) is 22.7 Å². The van der Waals surface area contributed by atoms with Crippen LogP contribution in [0.1, 0.15) is 18.1 Å². The summed E-state index contributed by atoms with van der Waals surface area (Å²) in [5, 5.41) is 7.73. The second kappa shape index (κ2) is 7.27. The molecule has 0 aliphatic carbocycles. The molecule has 2 N–H and O–H groups in total. The van der Waals surface area contributed by atoms with E-state index < -0.39 is 0 Å². The van der Waals surface area contributed by atoms with Gasteiger partial charge < -0.3 is 10.6 Å². The molecule has 104 valence electrons. The Labute approximate surface area is 130 Å². The summed E-state index contributed by atoms with van der Waals surface area (Å²) in [6.45, 7) is 2.81. The average molecular weight is 305 g/mol. The smallest absolute Gasteiger partial charge is 0.171 e. The lowest BCUT2D eigenvalue weighted by molar-refractivity contribution is 0.926. The van der Waals surface area contributed by atoms with Crippen LogP contribution >= 0.6 is 23.8 Å². The van der Waals surface area contributed by atoms with Crippen molar-refractivity contribution in [3.05, 3.63) is 64.7 Å². The van der Waals surface area contributed by atoms with Crippen molar-refractivity contribution >= 4 is 34.6 Å². The van der Waals surface area contributed by atoms with Crippen LogP contribution in [0.2, 0.25) is 5.02 Å². The minimum absolute atomic E-state index is 0.619. The Hall–Kier alpha value is -1.58. The molecule has 0 unspecified atom stereocenters. The summed E-state index contributed by atoms with van der Waals surface area (Å²) in [6.07, 6.45) is 1.01. The minimum Gasteiger partial charge on any atom is -0.358 e. The van der Waals surface area contributed by atoms with Crippen molar-refractivity contribution in [1.29, 1.82) is 0 Å². The van der Waals surface area contributed by atoms with Crippen LogP contribution in [-0.4, -0.2) is 5.11 Å². The van der Waals surface area contributed by atoms with Gasteiger partial charge in [-0.1, -0.05) is 42.8 Å². The molecule has 0 saturated heterocycles. The van der Waals surface area contributed by atoms with Crippen LogP contribution in [0.25, 0.3) is 0 Å². The molecule has 0 amide bonds. The van der Waals surface area contributed by atoms with Crippen LogP contribution in [0, 0.1) is 0 Å². The van der Waals surface area contributed by atoms with Crippen LogP contribution in [0.15, 0.2) is 48.5 Å². The highest BCUT2D eigenvalue weighted by atomic mass is 35.5. The third-order valence-corrected chi connectivity index (χ3v) is 3.46. The van der Waals surface area contributed by atoms with E-state index in [1.54, 1.807) is 0 Å². The molecule has 0 aromatic heterocycles. The number of benzene rings is 2. The maximum Gasteiger partial charge on any atom is 0.171 e. The quantitative estimate of drug-likeness (QED) is 0.819. The summed E-state index contributed by atoms with van der Waals surface area (Å²) in [5.41, 5.74) is 3.44.